The molecule has 0 saturated heterocycles. The van der Waals surface area contributed by atoms with Gasteiger partial charge in [-0.05, 0) is 163 Å². The van der Waals surface area contributed by atoms with Crippen LogP contribution in [0.25, 0.3) is 94.3 Å². The number of para-hydroxylation sites is 2. The molecule has 0 radical (unpaired) electrons. The molecule has 0 saturated carbocycles. The van der Waals surface area contributed by atoms with Crippen LogP contribution >= 0.6 is 0 Å². The van der Waals surface area contributed by atoms with Gasteiger partial charge in [0.05, 0.1) is 11.0 Å². The van der Waals surface area contributed by atoms with Gasteiger partial charge in [-0.1, -0.05) is 196 Å². The summed E-state index contributed by atoms with van der Waals surface area (Å²) < 4.78 is 2.39. The summed E-state index contributed by atoms with van der Waals surface area (Å²) >= 11 is 0. The number of aromatic nitrogens is 1. The van der Waals surface area contributed by atoms with Crippen molar-refractivity contribution in [2.45, 2.75) is 19.3 Å². The summed E-state index contributed by atoms with van der Waals surface area (Å²) in [7, 11) is 0. The summed E-state index contributed by atoms with van der Waals surface area (Å²) in [4.78, 5) is 2.43. The highest BCUT2D eigenvalue weighted by molar-refractivity contribution is 6.10. The Morgan fingerprint density at radius 1 is 0.282 bits per heavy atom. The minimum atomic E-state index is -0.202. The van der Waals surface area contributed by atoms with E-state index in [0.717, 1.165) is 22.7 Å². The second-order valence-corrected chi connectivity index (χ2v) is 19.4. The van der Waals surface area contributed by atoms with Gasteiger partial charge in [-0.2, -0.15) is 0 Å². The molecule has 0 unspecified atom stereocenters. The van der Waals surface area contributed by atoms with Crippen LogP contribution < -0.4 is 4.90 Å². The van der Waals surface area contributed by atoms with Crippen molar-refractivity contribution in [1.82, 2.24) is 4.57 Å². The van der Waals surface area contributed by atoms with Crippen molar-refractivity contribution in [2.24, 2.45) is 0 Å². The first-order valence-corrected chi connectivity index (χ1v) is 24.7. The molecule has 13 rings (SSSR count). The molecule has 0 N–H and O–H groups in total. The lowest BCUT2D eigenvalue weighted by atomic mass is 9.81. The zero-order chi connectivity index (χ0) is 47.5. The predicted molar refractivity (Wildman–Crippen MR) is 300 cm³/mol. The topological polar surface area (TPSA) is 8.17 Å². The highest BCUT2D eigenvalue weighted by Gasteiger charge is 2.36. The van der Waals surface area contributed by atoms with Crippen molar-refractivity contribution in [3.63, 3.8) is 0 Å². The summed E-state index contributed by atoms with van der Waals surface area (Å²) in [5.41, 5.74) is 24.0. The van der Waals surface area contributed by atoms with Gasteiger partial charge in [0.15, 0.2) is 0 Å². The van der Waals surface area contributed by atoms with Crippen LogP contribution in [0.2, 0.25) is 0 Å². The molecule has 0 aliphatic heterocycles. The Labute approximate surface area is 416 Å². The SMILES string of the molecule is CC1(C)c2cc(-c3ccccc3)ccc2-c2ccc(N(c3ccc(-c4cc(-c5ccccc5)cc(-c5ccccc5)c4)cc3)c3ccc(-c4ccc5c6ccccc6n(-c6ccccc6)c5c4)cc3)cc21. The van der Waals surface area contributed by atoms with Crippen molar-refractivity contribution >= 4 is 38.9 Å². The third-order valence-corrected chi connectivity index (χ3v) is 14.8. The third-order valence-electron chi connectivity index (χ3n) is 14.8. The molecule has 0 bridgehead atoms. The fraction of sp³-hybridized carbons (Fsp3) is 0.0435. The molecule has 71 heavy (non-hydrogen) atoms. The number of rotatable bonds is 9. The van der Waals surface area contributed by atoms with Crippen LogP contribution in [0.3, 0.4) is 0 Å². The maximum atomic E-state index is 2.44. The average Bonchev–Trinajstić information content (AvgIpc) is 3.89. The zero-order valence-corrected chi connectivity index (χ0v) is 39.8. The molecule has 0 amide bonds. The Morgan fingerprint density at radius 2 is 0.676 bits per heavy atom. The maximum absolute atomic E-state index is 2.44. The quantitative estimate of drug-likeness (QED) is 0.140. The Kier molecular flexibility index (Phi) is 10.2. The Morgan fingerprint density at radius 3 is 1.25 bits per heavy atom. The molecule has 11 aromatic carbocycles. The van der Waals surface area contributed by atoms with Crippen molar-refractivity contribution in [3.05, 3.63) is 278 Å². The zero-order valence-electron chi connectivity index (χ0n) is 39.8. The third kappa shape index (κ3) is 7.44. The lowest BCUT2D eigenvalue weighted by molar-refractivity contribution is 0.660. The van der Waals surface area contributed by atoms with E-state index < -0.39 is 0 Å². The van der Waals surface area contributed by atoms with Gasteiger partial charge in [-0.25, -0.2) is 0 Å². The van der Waals surface area contributed by atoms with Crippen molar-refractivity contribution in [2.75, 3.05) is 4.90 Å². The smallest absolute Gasteiger partial charge is 0.0547 e. The molecular formula is C69H50N2. The van der Waals surface area contributed by atoms with Gasteiger partial charge in [-0.3, -0.25) is 0 Å². The van der Waals surface area contributed by atoms with Crippen LogP contribution in [0.5, 0.6) is 0 Å². The summed E-state index contributed by atoms with van der Waals surface area (Å²) in [6, 6.07) is 97.8. The number of hydrogen-bond donors (Lipinski definition) is 0. The molecule has 1 heterocycles. The maximum Gasteiger partial charge on any atom is 0.0547 e. The van der Waals surface area contributed by atoms with Crippen LogP contribution in [0, 0.1) is 0 Å². The predicted octanol–water partition coefficient (Wildman–Crippen LogP) is 18.9. The lowest BCUT2D eigenvalue weighted by Gasteiger charge is -2.28. The Hall–Kier alpha value is -8.98. The number of benzene rings is 11. The van der Waals surface area contributed by atoms with E-state index in [1.165, 1.54) is 99.7 Å². The minimum absolute atomic E-state index is 0.202. The van der Waals surface area contributed by atoms with Gasteiger partial charge in [0.2, 0.25) is 0 Å². The summed E-state index contributed by atoms with van der Waals surface area (Å²) in [6.45, 7) is 4.76. The fourth-order valence-corrected chi connectivity index (χ4v) is 11.1. The number of anilines is 3. The number of fused-ring (bicyclic) bond motifs is 6. The van der Waals surface area contributed by atoms with Gasteiger partial charge >= 0.3 is 0 Å². The first-order valence-electron chi connectivity index (χ1n) is 24.7. The van der Waals surface area contributed by atoms with E-state index in [1.54, 1.807) is 0 Å². The van der Waals surface area contributed by atoms with Crippen molar-refractivity contribution < 1.29 is 0 Å². The van der Waals surface area contributed by atoms with E-state index in [-0.39, 0.29) is 5.41 Å². The second kappa shape index (κ2) is 17.2. The largest absolute Gasteiger partial charge is 0.310 e. The molecule has 2 heteroatoms. The number of nitrogens with zero attached hydrogens (tertiary/aromatic N) is 2. The van der Waals surface area contributed by atoms with E-state index in [0.29, 0.717) is 0 Å². The van der Waals surface area contributed by atoms with Gasteiger partial charge < -0.3 is 9.47 Å². The van der Waals surface area contributed by atoms with E-state index >= 15 is 0 Å². The first kappa shape index (κ1) is 42.1. The summed E-state index contributed by atoms with van der Waals surface area (Å²) in [6.07, 6.45) is 0. The summed E-state index contributed by atoms with van der Waals surface area (Å²) in [5.74, 6) is 0. The van der Waals surface area contributed by atoms with Crippen LogP contribution in [0.4, 0.5) is 17.1 Å². The van der Waals surface area contributed by atoms with Gasteiger partial charge in [0, 0.05) is 38.9 Å². The Balaban J connectivity index is 0.916. The van der Waals surface area contributed by atoms with Gasteiger partial charge in [0.1, 0.15) is 0 Å². The lowest BCUT2D eigenvalue weighted by Crippen LogP contribution is -2.16. The van der Waals surface area contributed by atoms with Crippen molar-refractivity contribution in [1.29, 1.82) is 0 Å². The molecule has 0 fully saturated rings. The molecule has 0 atom stereocenters. The second-order valence-electron chi connectivity index (χ2n) is 19.4. The standard InChI is InChI=1S/C69H50N2/c1-69(2)65-44-52(47-17-7-3-8-18-47)31-38-61(65)62-40-37-60(46-66(62)69)70(59-35-29-51(30-36-59)56-42-54(48-19-9-4-10-20-48)41-55(43-56)49-21-11-5-12-22-49)58-33-27-50(28-34-58)53-32-39-64-63-25-15-16-26-67(63)71(68(64)45-53)57-23-13-6-14-24-57/h3-46H,1-2H3. The monoisotopic (exact) mass is 906 g/mol. The average molecular weight is 907 g/mol. The van der Waals surface area contributed by atoms with E-state index in [2.05, 4.69) is 290 Å². The highest BCUT2D eigenvalue weighted by Crippen LogP contribution is 2.52. The minimum Gasteiger partial charge on any atom is -0.310 e. The number of hydrogen-bond acceptors (Lipinski definition) is 1. The van der Waals surface area contributed by atoms with E-state index in [4.69, 9.17) is 0 Å². The molecule has 1 aliphatic rings. The highest BCUT2D eigenvalue weighted by atomic mass is 15.1. The van der Waals surface area contributed by atoms with Crippen LogP contribution in [-0.2, 0) is 5.41 Å². The molecule has 1 aromatic heterocycles. The van der Waals surface area contributed by atoms with Crippen LogP contribution in [-0.4, -0.2) is 4.57 Å². The van der Waals surface area contributed by atoms with Crippen molar-refractivity contribution in [3.8, 4) is 72.4 Å². The fourth-order valence-electron chi connectivity index (χ4n) is 11.1. The summed E-state index contributed by atoms with van der Waals surface area (Å²) in [5, 5.41) is 2.51. The van der Waals surface area contributed by atoms with Crippen LogP contribution in [0.1, 0.15) is 25.0 Å². The van der Waals surface area contributed by atoms with Crippen LogP contribution in [0.15, 0.2) is 267 Å². The van der Waals surface area contributed by atoms with E-state index in [9.17, 15) is 0 Å². The molecular weight excluding hydrogens is 857 g/mol. The molecule has 336 valence electrons. The van der Waals surface area contributed by atoms with E-state index in [1.807, 2.05) is 0 Å². The molecule has 1 aliphatic carbocycles. The molecule has 0 spiro atoms. The van der Waals surface area contributed by atoms with Gasteiger partial charge in [0.25, 0.3) is 0 Å². The normalized spacial score (nSPS) is 12.5. The Bertz CT molecular complexity index is 3850. The van der Waals surface area contributed by atoms with Gasteiger partial charge in [-0.15, -0.1) is 0 Å². The molecule has 2 nitrogen and oxygen atoms in total. The molecule has 12 aromatic rings. The first-order chi connectivity index (χ1) is 34.9.